The van der Waals surface area contributed by atoms with Crippen molar-refractivity contribution in [3.05, 3.63) is 29.6 Å². The Labute approximate surface area is 164 Å². The van der Waals surface area contributed by atoms with Crippen LogP contribution in [0.5, 0.6) is 0 Å². The Morgan fingerprint density at radius 2 is 1.96 bits per heavy atom. The van der Waals surface area contributed by atoms with E-state index in [9.17, 15) is 4.79 Å². The number of amides is 1. The topological polar surface area (TPSA) is 51.2 Å². The second-order valence-electron chi connectivity index (χ2n) is 8.75. The highest BCUT2D eigenvalue weighted by Crippen LogP contribution is 2.46. The maximum atomic E-state index is 12.6. The molecule has 1 amide bonds. The molecule has 1 aromatic heterocycles. The van der Waals surface area contributed by atoms with E-state index in [2.05, 4.69) is 58.0 Å². The largest absolute Gasteiger partial charge is 0.411 e. The maximum absolute atomic E-state index is 12.6. The first-order valence-electron chi connectivity index (χ1n) is 9.15. The molecular formula is C20H31N2O2SSi. The summed E-state index contributed by atoms with van der Waals surface area (Å²) in [4.78, 5) is 17.8. The molecule has 1 aliphatic heterocycles. The van der Waals surface area contributed by atoms with Crippen molar-refractivity contribution in [2.24, 2.45) is 17.3 Å². The first-order chi connectivity index (χ1) is 11.9. The van der Waals surface area contributed by atoms with Crippen molar-refractivity contribution in [2.75, 3.05) is 0 Å². The van der Waals surface area contributed by atoms with Gasteiger partial charge in [0, 0.05) is 17.0 Å². The summed E-state index contributed by atoms with van der Waals surface area (Å²) >= 11 is 5.73. The van der Waals surface area contributed by atoms with Crippen molar-refractivity contribution in [3.8, 4) is 0 Å². The summed E-state index contributed by atoms with van der Waals surface area (Å²) in [5.41, 5.74) is 1.24. The Balaban J connectivity index is 2.32. The standard InChI is InChI=1S/C20H31N2O2SSi/c1-12-9-10-21-14(11-12)17(25)13(2)16-15(18(23)22-16)20(6,19(3,4)5)24-26(7)8/h9-11,13,15-16H,1-8H3,(H,22,23)/t13-,15-,16-,20-/m1/s1. The third-order valence-electron chi connectivity index (χ3n) is 5.57. The lowest BCUT2D eigenvalue weighted by Gasteiger charge is -2.55. The third kappa shape index (κ3) is 3.92. The molecular weight excluding hydrogens is 360 g/mol. The van der Waals surface area contributed by atoms with Crippen LogP contribution in [0.2, 0.25) is 13.1 Å². The number of carbonyl (C=O) groups excluding carboxylic acids is 1. The van der Waals surface area contributed by atoms with Crippen LogP contribution in [0.4, 0.5) is 0 Å². The number of rotatable bonds is 6. The first-order valence-corrected chi connectivity index (χ1v) is 12.0. The van der Waals surface area contributed by atoms with E-state index in [1.165, 1.54) is 0 Å². The van der Waals surface area contributed by atoms with E-state index in [0.29, 0.717) is 0 Å². The minimum Gasteiger partial charge on any atom is -0.411 e. The number of carbonyl (C=O) groups is 1. The van der Waals surface area contributed by atoms with Crippen LogP contribution < -0.4 is 5.32 Å². The normalized spacial score (nSPS) is 23.8. The second-order valence-corrected chi connectivity index (χ2v) is 11.2. The number of aromatic nitrogens is 1. The highest BCUT2D eigenvalue weighted by Gasteiger charge is 2.58. The van der Waals surface area contributed by atoms with Crippen molar-refractivity contribution < 1.29 is 9.22 Å². The number of thiocarbonyl (C=S) groups is 1. The number of aryl methyl sites for hydroxylation is 1. The number of nitrogens with zero attached hydrogens (tertiary/aromatic N) is 1. The second kappa shape index (κ2) is 7.48. The summed E-state index contributed by atoms with van der Waals surface area (Å²) < 4.78 is 6.44. The molecule has 0 spiro atoms. The van der Waals surface area contributed by atoms with Crippen molar-refractivity contribution in [3.63, 3.8) is 0 Å². The van der Waals surface area contributed by atoms with Gasteiger partial charge in [-0.15, -0.1) is 0 Å². The quantitative estimate of drug-likeness (QED) is 0.345. The van der Waals surface area contributed by atoms with Crippen LogP contribution in [0.3, 0.4) is 0 Å². The molecule has 0 bridgehead atoms. The fourth-order valence-corrected chi connectivity index (χ4v) is 5.12. The number of pyridine rings is 1. The van der Waals surface area contributed by atoms with Crippen LogP contribution in [-0.4, -0.2) is 36.4 Å². The number of nitrogens with one attached hydrogen (secondary N) is 1. The van der Waals surface area contributed by atoms with Gasteiger partial charge in [-0.05, 0) is 50.1 Å². The van der Waals surface area contributed by atoms with Crippen molar-refractivity contribution in [1.29, 1.82) is 0 Å². The van der Waals surface area contributed by atoms with Crippen molar-refractivity contribution in [2.45, 2.75) is 66.3 Å². The molecule has 1 N–H and O–H groups in total. The zero-order valence-corrected chi connectivity index (χ0v) is 19.0. The van der Waals surface area contributed by atoms with E-state index in [1.807, 2.05) is 19.1 Å². The van der Waals surface area contributed by atoms with E-state index >= 15 is 0 Å². The third-order valence-corrected chi connectivity index (χ3v) is 6.98. The van der Waals surface area contributed by atoms with Gasteiger partial charge in [-0.25, -0.2) is 0 Å². The predicted molar refractivity (Wildman–Crippen MR) is 112 cm³/mol. The molecule has 0 saturated carbocycles. The monoisotopic (exact) mass is 391 g/mol. The summed E-state index contributed by atoms with van der Waals surface area (Å²) in [7, 11) is -0.968. The Kier molecular flexibility index (Phi) is 6.10. The van der Waals surface area contributed by atoms with Gasteiger partial charge in [-0.3, -0.25) is 9.78 Å². The molecule has 0 unspecified atom stereocenters. The van der Waals surface area contributed by atoms with Gasteiger partial charge >= 0.3 is 0 Å². The molecule has 6 heteroatoms. The lowest BCUT2D eigenvalue weighted by atomic mass is 9.62. The molecule has 1 aliphatic rings. The van der Waals surface area contributed by atoms with Crippen LogP contribution in [0.15, 0.2) is 18.3 Å². The minimum atomic E-state index is -0.968. The molecule has 1 saturated heterocycles. The van der Waals surface area contributed by atoms with E-state index in [0.717, 1.165) is 16.1 Å². The van der Waals surface area contributed by atoms with Gasteiger partial charge in [0.05, 0.1) is 23.3 Å². The molecule has 2 heterocycles. The summed E-state index contributed by atoms with van der Waals surface area (Å²) in [6.07, 6.45) is 1.78. The van der Waals surface area contributed by atoms with Crippen LogP contribution >= 0.6 is 12.2 Å². The molecule has 0 aromatic carbocycles. The van der Waals surface area contributed by atoms with Gasteiger partial charge in [-0.2, -0.15) is 0 Å². The summed E-state index contributed by atoms with van der Waals surface area (Å²) in [5, 5.41) is 3.09. The van der Waals surface area contributed by atoms with Gasteiger partial charge in [0.25, 0.3) is 0 Å². The number of hydrogen-bond donors (Lipinski definition) is 1. The molecule has 143 valence electrons. The van der Waals surface area contributed by atoms with E-state index in [4.69, 9.17) is 16.6 Å². The van der Waals surface area contributed by atoms with Crippen LogP contribution in [0.25, 0.3) is 0 Å². The van der Waals surface area contributed by atoms with Gasteiger partial charge in [0.15, 0.2) is 0 Å². The zero-order chi connectivity index (χ0) is 19.9. The van der Waals surface area contributed by atoms with Crippen LogP contribution in [0.1, 0.15) is 45.9 Å². The summed E-state index contributed by atoms with van der Waals surface area (Å²) in [6.45, 7) is 16.9. The van der Waals surface area contributed by atoms with Gasteiger partial charge in [0.2, 0.25) is 14.9 Å². The number of β-lactam (4-membered cyclic amide) rings is 1. The average Bonchev–Trinajstić information content (AvgIpc) is 2.49. The molecule has 26 heavy (non-hydrogen) atoms. The van der Waals surface area contributed by atoms with Gasteiger partial charge in [0.1, 0.15) is 0 Å². The Hall–Kier alpha value is -1.11. The molecule has 1 fully saturated rings. The Morgan fingerprint density at radius 1 is 1.35 bits per heavy atom. The predicted octanol–water partition coefficient (Wildman–Crippen LogP) is 3.93. The van der Waals surface area contributed by atoms with E-state index in [-0.39, 0.29) is 29.2 Å². The fraction of sp³-hybridized carbons (Fsp3) is 0.650. The van der Waals surface area contributed by atoms with Crippen LogP contribution in [-0.2, 0) is 9.22 Å². The Morgan fingerprint density at radius 3 is 2.42 bits per heavy atom. The lowest BCUT2D eigenvalue weighted by molar-refractivity contribution is -0.160. The Bertz CT molecular complexity index is 701. The lowest BCUT2D eigenvalue weighted by Crippen LogP contribution is -2.72. The SMILES string of the molecule is Cc1ccnc(C(=S)[C@H](C)[C@H]2NC(=O)[C@@H]2[C@@](C)(O[Si](C)C)C(C)(C)C)c1. The van der Waals surface area contributed by atoms with Crippen LogP contribution in [0, 0.1) is 24.2 Å². The molecule has 1 aromatic rings. The summed E-state index contributed by atoms with van der Waals surface area (Å²) in [5.74, 6) is -0.153. The van der Waals surface area contributed by atoms with Crippen molar-refractivity contribution >= 4 is 32.0 Å². The zero-order valence-electron chi connectivity index (χ0n) is 17.1. The highest BCUT2D eigenvalue weighted by atomic mass is 32.1. The fourth-order valence-electron chi connectivity index (χ4n) is 3.59. The molecule has 1 radical (unpaired) electrons. The van der Waals surface area contributed by atoms with E-state index in [1.54, 1.807) is 6.20 Å². The average molecular weight is 392 g/mol. The molecule has 4 atom stereocenters. The highest BCUT2D eigenvalue weighted by molar-refractivity contribution is 7.80. The smallest absolute Gasteiger partial charge is 0.228 e. The molecule has 0 aliphatic carbocycles. The maximum Gasteiger partial charge on any atom is 0.228 e. The number of hydrogen-bond acceptors (Lipinski definition) is 4. The minimum absolute atomic E-state index is 0.0108. The van der Waals surface area contributed by atoms with E-state index < -0.39 is 14.6 Å². The van der Waals surface area contributed by atoms with Gasteiger partial charge in [-0.1, -0.05) is 39.9 Å². The molecule has 2 rings (SSSR count). The summed E-state index contributed by atoms with van der Waals surface area (Å²) in [6, 6.07) is 3.93. The molecule has 4 nitrogen and oxygen atoms in total. The first kappa shape index (κ1) is 21.2. The van der Waals surface area contributed by atoms with Gasteiger partial charge < -0.3 is 9.74 Å². The van der Waals surface area contributed by atoms with Crippen molar-refractivity contribution in [1.82, 2.24) is 10.3 Å².